The van der Waals surface area contributed by atoms with Crippen molar-refractivity contribution >= 4 is 15.7 Å². The average Bonchev–Trinajstić information content (AvgIpc) is 2.85. The largest absolute Gasteiger partial charge is 0.468 e. The lowest BCUT2D eigenvalue weighted by Crippen LogP contribution is -2.26. The molecule has 0 bridgehead atoms. The van der Waals surface area contributed by atoms with Crippen LogP contribution < -0.4 is 5.73 Å². The number of benzene rings is 1. The quantitative estimate of drug-likeness (QED) is 0.869. The standard InChI is InChI=1S/C13H16N2O3S/c1-10-5-6-12(8-13(10)14)19(16,17)15(2)9-11-4-3-7-18-11/h3-8H,9,14H2,1-2H3. The molecule has 0 saturated carbocycles. The van der Waals surface area contributed by atoms with Gasteiger partial charge in [0.25, 0.3) is 0 Å². The van der Waals surface area contributed by atoms with Gasteiger partial charge in [0.05, 0.1) is 17.7 Å². The summed E-state index contributed by atoms with van der Waals surface area (Å²) in [6, 6.07) is 8.18. The van der Waals surface area contributed by atoms with Crippen LogP contribution in [0, 0.1) is 6.92 Å². The van der Waals surface area contributed by atoms with Crippen molar-refractivity contribution < 1.29 is 12.8 Å². The van der Waals surface area contributed by atoms with E-state index in [1.54, 1.807) is 24.3 Å². The number of hydrogen-bond donors (Lipinski definition) is 1. The lowest BCUT2D eigenvalue weighted by molar-refractivity contribution is 0.406. The summed E-state index contributed by atoms with van der Waals surface area (Å²) in [5, 5.41) is 0. The summed E-state index contributed by atoms with van der Waals surface area (Å²) >= 11 is 0. The predicted molar refractivity (Wildman–Crippen MR) is 73.0 cm³/mol. The minimum Gasteiger partial charge on any atom is -0.468 e. The Labute approximate surface area is 112 Å². The van der Waals surface area contributed by atoms with E-state index in [0.29, 0.717) is 11.4 Å². The maximum Gasteiger partial charge on any atom is 0.243 e. The molecule has 0 unspecified atom stereocenters. The fraction of sp³-hybridized carbons (Fsp3) is 0.231. The van der Waals surface area contributed by atoms with Crippen molar-refractivity contribution in [3.05, 3.63) is 47.9 Å². The topological polar surface area (TPSA) is 76.5 Å². The second kappa shape index (κ2) is 5.07. The van der Waals surface area contributed by atoms with Crippen molar-refractivity contribution in [1.82, 2.24) is 4.31 Å². The molecule has 102 valence electrons. The first-order valence-corrected chi connectivity index (χ1v) is 7.20. The zero-order valence-electron chi connectivity index (χ0n) is 10.8. The Kier molecular flexibility index (Phi) is 3.64. The minimum atomic E-state index is -3.56. The number of nitrogens with zero attached hydrogens (tertiary/aromatic N) is 1. The average molecular weight is 280 g/mol. The van der Waals surface area contributed by atoms with E-state index in [0.717, 1.165) is 5.56 Å². The van der Waals surface area contributed by atoms with Gasteiger partial charge in [0, 0.05) is 12.7 Å². The summed E-state index contributed by atoms with van der Waals surface area (Å²) < 4.78 is 31.1. The highest BCUT2D eigenvalue weighted by Crippen LogP contribution is 2.21. The SMILES string of the molecule is Cc1ccc(S(=O)(=O)N(C)Cc2ccco2)cc1N. The van der Waals surface area contributed by atoms with Crippen LogP contribution in [-0.2, 0) is 16.6 Å². The molecule has 0 aliphatic rings. The van der Waals surface area contributed by atoms with Crippen molar-refractivity contribution in [3.8, 4) is 0 Å². The second-order valence-electron chi connectivity index (χ2n) is 4.36. The maximum atomic E-state index is 12.4. The molecular formula is C13H16N2O3S. The van der Waals surface area contributed by atoms with Crippen LogP contribution in [0.2, 0.25) is 0 Å². The zero-order chi connectivity index (χ0) is 14.0. The number of rotatable bonds is 4. The summed E-state index contributed by atoms with van der Waals surface area (Å²) in [5.41, 5.74) is 7.07. The number of nitrogens with two attached hydrogens (primary N) is 1. The lowest BCUT2D eigenvalue weighted by Gasteiger charge is -2.16. The number of sulfonamides is 1. The number of hydrogen-bond acceptors (Lipinski definition) is 4. The molecule has 2 N–H and O–H groups in total. The number of anilines is 1. The highest BCUT2D eigenvalue weighted by Gasteiger charge is 2.22. The van der Waals surface area contributed by atoms with Gasteiger partial charge in [-0.15, -0.1) is 0 Å². The van der Waals surface area contributed by atoms with E-state index in [2.05, 4.69) is 0 Å². The Hall–Kier alpha value is -1.79. The second-order valence-corrected chi connectivity index (χ2v) is 6.40. The Bertz CT molecular complexity index is 663. The molecule has 19 heavy (non-hydrogen) atoms. The number of furan rings is 1. The Morgan fingerprint density at radius 1 is 1.32 bits per heavy atom. The van der Waals surface area contributed by atoms with E-state index in [1.807, 2.05) is 6.92 Å². The van der Waals surface area contributed by atoms with Crippen LogP contribution in [0.3, 0.4) is 0 Å². The van der Waals surface area contributed by atoms with Gasteiger partial charge in [-0.1, -0.05) is 6.07 Å². The highest BCUT2D eigenvalue weighted by molar-refractivity contribution is 7.89. The molecule has 1 aromatic heterocycles. The normalized spacial score (nSPS) is 11.9. The van der Waals surface area contributed by atoms with Crippen molar-refractivity contribution in [2.45, 2.75) is 18.4 Å². The van der Waals surface area contributed by atoms with Crippen molar-refractivity contribution in [2.24, 2.45) is 0 Å². The summed E-state index contributed by atoms with van der Waals surface area (Å²) in [4.78, 5) is 0.185. The van der Waals surface area contributed by atoms with E-state index < -0.39 is 10.0 Å². The molecule has 0 fully saturated rings. The molecule has 1 heterocycles. The third-order valence-corrected chi connectivity index (χ3v) is 4.72. The molecule has 6 heteroatoms. The van der Waals surface area contributed by atoms with Crippen LogP contribution in [0.1, 0.15) is 11.3 Å². The lowest BCUT2D eigenvalue weighted by atomic mass is 10.2. The molecule has 0 aliphatic carbocycles. The number of nitrogen functional groups attached to an aromatic ring is 1. The van der Waals surface area contributed by atoms with Gasteiger partial charge in [0.2, 0.25) is 10.0 Å². The van der Waals surface area contributed by atoms with Gasteiger partial charge in [0.1, 0.15) is 5.76 Å². The predicted octanol–water partition coefficient (Wildman–Crippen LogP) is 1.99. The summed E-state index contributed by atoms with van der Waals surface area (Å²) in [6.07, 6.45) is 1.51. The first-order valence-electron chi connectivity index (χ1n) is 5.76. The number of aryl methyl sites for hydroxylation is 1. The van der Waals surface area contributed by atoms with Crippen LogP contribution in [0.4, 0.5) is 5.69 Å². The van der Waals surface area contributed by atoms with Gasteiger partial charge >= 0.3 is 0 Å². The molecule has 0 amide bonds. The summed E-state index contributed by atoms with van der Waals surface area (Å²) in [6.45, 7) is 2.02. The molecular weight excluding hydrogens is 264 g/mol. The van der Waals surface area contributed by atoms with E-state index in [9.17, 15) is 8.42 Å². The third kappa shape index (κ3) is 2.80. The van der Waals surface area contributed by atoms with Crippen molar-refractivity contribution in [2.75, 3.05) is 12.8 Å². The first-order chi connectivity index (χ1) is 8.91. The third-order valence-electron chi connectivity index (χ3n) is 2.92. The van der Waals surface area contributed by atoms with Crippen LogP contribution in [0.15, 0.2) is 45.9 Å². The molecule has 0 radical (unpaired) electrons. The van der Waals surface area contributed by atoms with Gasteiger partial charge in [-0.3, -0.25) is 0 Å². The Balaban J connectivity index is 2.28. The van der Waals surface area contributed by atoms with Gasteiger partial charge in [-0.05, 0) is 36.8 Å². The van der Waals surface area contributed by atoms with Gasteiger partial charge < -0.3 is 10.2 Å². The molecule has 2 aromatic rings. The van der Waals surface area contributed by atoms with Crippen LogP contribution in [0.25, 0.3) is 0 Å². The zero-order valence-corrected chi connectivity index (χ0v) is 11.6. The van der Waals surface area contributed by atoms with E-state index in [1.165, 1.54) is 23.7 Å². The van der Waals surface area contributed by atoms with Crippen molar-refractivity contribution in [1.29, 1.82) is 0 Å². The van der Waals surface area contributed by atoms with Crippen molar-refractivity contribution in [3.63, 3.8) is 0 Å². The minimum absolute atomic E-state index is 0.184. The monoisotopic (exact) mass is 280 g/mol. The van der Waals surface area contributed by atoms with Crippen LogP contribution >= 0.6 is 0 Å². The maximum absolute atomic E-state index is 12.4. The van der Waals surface area contributed by atoms with E-state index in [-0.39, 0.29) is 11.4 Å². The molecule has 0 spiro atoms. The molecule has 0 saturated heterocycles. The molecule has 2 rings (SSSR count). The molecule has 0 aliphatic heterocycles. The molecule has 1 aromatic carbocycles. The van der Waals surface area contributed by atoms with Crippen LogP contribution in [0.5, 0.6) is 0 Å². The van der Waals surface area contributed by atoms with E-state index >= 15 is 0 Å². The first kappa shape index (κ1) is 13.6. The van der Waals surface area contributed by atoms with Crippen LogP contribution in [-0.4, -0.2) is 19.8 Å². The highest BCUT2D eigenvalue weighted by atomic mass is 32.2. The molecule has 5 nitrogen and oxygen atoms in total. The van der Waals surface area contributed by atoms with Gasteiger partial charge in [0.15, 0.2) is 0 Å². The molecule has 0 atom stereocenters. The summed E-state index contributed by atoms with van der Waals surface area (Å²) in [7, 11) is -2.05. The smallest absolute Gasteiger partial charge is 0.243 e. The van der Waals surface area contributed by atoms with Gasteiger partial charge in [-0.2, -0.15) is 4.31 Å². The van der Waals surface area contributed by atoms with Gasteiger partial charge in [-0.25, -0.2) is 8.42 Å². The Morgan fingerprint density at radius 3 is 2.63 bits per heavy atom. The summed E-state index contributed by atoms with van der Waals surface area (Å²) in [5.74, 6) is 0.589. The van der Waals surface area contributed by atoms with E-state index in [4.69, 9.17) is 10.2 Å². The Morgan fingerprint density at radius 2 is 2.05 bits per heavy atom. The fourth-order valence-corrected chi connectivity index (χ4v) is 2.84. The fourth-order valence-electron chi connectivity index (χ4n) is 1.67.